The number of nitrogens with zero attached hydrogens (tertiary/aromatic N) is 7. The van der Waals surface area contributed by atoms with Crippen molar-refractivity contribution in [2.75, 3.05) is 0 Å². The van der Waals surface area contributed by atoms with Gasteiger partial charge in [0.05, 0.1) is 12.2 Å². The number of ketones is 1. The predicted octanol–water partition coefficient (Wildman–Crippen LogP) is 4.28. The molecule has 1 saturated carbocycles. The van der Waals surface area contributed by atoms with E-state index in [1.807, 2.05) is 28.9 Å². The number of rotatable bonds is 8. The maximum Gasteiger partial charge on any atom is 0.217 e. The average Bonchev–Trinajstić information content (AvgIpc) is 3.56. The van der Waals surface area contributed by atoms with Crippen molar-refractivity contribution in [3.8, 4) is 22.6 Å². The molecule has 0 atom stereocenters. The Morgan fingerprint density at radius 2 is 1.94 bits per heavy atom. The van der Waals surface area contributed by atoms with E-state index in [9.17, 15) is 4.79 Å². The molecule has 1 aliphatic carbocycles. The first-order chi connectivity index (χ1) is 16.7. The Balaban J connectivity index is 1.37. The van der Waals surface area contributed by atoms with E-state index in [0.29, 0.717) is 18.2 Å². The Kier molecular flexibility index (Phi) is 6.51. The summed E-state index contributed by atoms with van der Waals surface area (Å²) in [7, 11) is 0. The third kappa shape index (κ3) is 4.64. The summed E-state index contributed by atoms with van der Waals surface area (Å²) in [5.74, 6) is 1.94. The smallest absolute Gasteiger partial charge is 0.217 e. The fraction of sp³-hybridized carbons (Fsp3) is 0.400. The number of tetrazole rings is 1. The number of hydrogen-bond acceptors (Lipinski definition) is 7. The van der Waals surface area contributed by atoms with Crippen LogP contribution in [0.2, 0.25) is 0 Å². The van der Waals surface area contributed by atoms with Gasteiger partial charge in [0.15, 0.2) is 0 Å². The number of benzene rings is 1. The highest BCUT2D eigenvalue weighted by molar-refractivity contribution is 5.94. The molecular formula is C25H28N8O. The largest absolute Gasteiger partial charge is 0.290 e. The SMILES string of the molecule is CCCc1nc(C(=O)C2CCCCC2)nn1Cc1ccc(-c2ncccc2-c2nn[nH]n2)cc1. The highest BCUT2D eigenvalue weighted by Gasteiger charge is 2.26. The third-order valence-electron chi connectivity index (χ3n) is 6.37. The number of aromatic amines is 1. The molecule has 5 rings (SSSR count). The Morgan fingerprint density at radius 1 is 1.12 bits per heavy atom. The number of H-pyrrole nitrogens is 1. The molecule has 1 N–H and O–H groups in total. The Hall–Kier alpha value is -3.75. The van der Waals surface area contributed by atoms with Gasteiger partial charge in [-0.2, -0.15) is 5.21 Å². The molecule has 0 bridgehead atoms. The van der Waals surface area contributed by atoms with Crippen LogP contribution in [-0.2, 0) is 13.0 Å². The van der Waals surface area contributed by atoms with E-state index in [4.69, 9.17) is 0 Å². The van der Waals surface area contributed by atoms with Crippen molar-refractivity contribution in [2.24, 2.45) is 5.92 Å². The second kappa shape index (κ2) is 10.0. The number of pyridine rings is 1. The fourth-order valence-corrected chi connectivity index (χ4v) is 4.59. The van der Waals surface area contributed by atoms with Crippen molar-refractivity contribution in [1.82, 2.24) is 40.4 Å². The zero-order chi connectivity index (χ0) is 23.3. The zero-order valence-electron chi connectivity index (χ0n) is 19.3. The molecule has 1 aliphatic rings. The van der Waals surface area contributed by atoms with Crippen LogP contribution in [0.15, 0.2) is 42.6 Å². The van der Waals surface area contributed by atoms with Crippen LogP contribution >= 0.6 is 0 Å². The van der Waals surface area contributed by atoms with E-state index in [2.05, 4.69) is 54.7 Å². The number of aryl methyl sites for hydroxylation is 1. The molecule has 0 unspecified atom stereocenters. The first-order valence-corrected chi connectivity index (χ1v) is 12.0. The van der Waals surface area contributed by atoms with Crippen molar-refractivity contribution in [3.63, 3.8) is 0 Å². The number of hydrogen-bond donors (Lipinski definition) is 1. The molecular weight excluding hydrogens is 428 g/mol. The molecule has 1 fully saturated rings. The van der Waals surface area contributed by atoms with Gasteiger partial charge in [-0.3, -0.25) is 9.78 Å². The average molecular weight is 457 g/mol. The molecule has 34 heavy (non-hydrogen) atoms. The monoisotopic (exact) mass is 456 g/mol. The standard InChI is InChI=1S/C25H28N8O/c1-2-7-21-27-25(23(34)19-8-4-3-5-9-19)30-33(21)16-17-11-13-18(14-12-17)22-20(10-6-15-26-22)24-28-31-32-29-24/h6,10-15,19H,2-5,7-9,16H2,1H3,(H,28,29,31,32). The summed E-state index contributed by atoms with van der Waals surface area (Å²) >= 11 is 0. The number of aromatic nitrogens is 8. The van der Waals surface area contributed by atoms with Gasteiger partial charge in [-0.05, 0) is 42.2 Å². The van der Waals surface area contributed by atoms with Crippen molar-refractivity contribution in [1.29, 1.82) is 0 Å². The zero-order valence-corrected chi connectivity index (χ0v) is 19.3. The second-order valence-electron chi connectivity index (χ2n) is 8.79. The minimum absolute atomic E-state index is 0.0742. The summed E-state index contributed by atoms with van der Waals surface area (Å²) in [4.78, 5) is 22.2. The molecule has 0 saturated heterocycles. The van der Waals surface area contributed by atoms with Crippen molar-refractivity contribution in [3.05, 3.63) is 59.8 Å². The lowest BCUT2D eigenvalue weighted by Crippen LogP contribution is -2.19. The molecule has 174 valence electrons. The van der Waals surface area contributed by atoms with E-state index >= 15 is 0 Å². The molecule has 0 amide bonds. The highest BCUT2D eigenvalue weighted by atomic mass is 16.1. The summed E-state index contributed by atoms with van der Waals surface area (Å²) in [6.07, 6.45) is 8.88. The first kappa shape index (κ1) is 22.1. The van der Waals surface area contributed by atoms with Crippen molar-refractivity contribution >= 4 is 5.78 Å². The normalized spacial score (nSPS) is 14.4. The number of carbonyl (C=O) groups is 1. The van der Waals surface area contributed by atoms with Crippen molar-refractivity contribution in [2.45, 2.75) is 58.4 Å². The highest BCUT2D eigenvalue weighted by Crippen LogP contribution is 2.28. The second-order valence-corrected chi connectivity index (χ2v) is 8.79. The maximum atomic E-state index is 13.0. The van der Waals surface area contributed by atoms with Gasteiger partial charge in [-0.15, -0.1) is 15.3 Å². The summed E-state index contributed by atoms with van der Waals surface area (Å²) in [5.41, 5.74) is 3.66. The Morgan fingerprint density at radius 3 is 2.68 bits per heavy atom. The number of Topliss-reactive ketones (excluding diaryl/α,β-unsaturated/α-hetero) is 1. The van der Waals surface area contributed by atoms with Gasteiger partial charge in [-0.25, -0.2) is 9.67 Å². The van der Waals surface area contributed by atoms with Gasteiger partial charge in [0.25, 0.3) is 0 Å². The van der Waals surface area contributed by atoms with Gasteiger partial charge in [0, 0.05) is 29.7 Å². The van der Waals surface area contributed by atoms with Gasteiger partial charge >= 0.3 is 0 Å². The molecule has 0 spiro atoms. The van der Waals surface area contributed by atoms with Crippen LogP contribution < -0.4 is 0 Å². The Bertz CT molecular complexity index is 1240. The van der Waals surface area contributed by atoms with E-state index in [1.54, 1.807) is 6.20 Å². The van der Waals surface area contributed by atoms with Gasteiger partial charge < -0.3 is 0 Å². The van der Waals surface area contributed by atoms with Crippen LogP contribution in [0.3, 0.4) is 0 Å². The maximum absolute atomic E-state index is 13.0. The summed E-state index contributed by atoms with van der Waals surface area (Å²) in [6, 6.07) is 12.0. The van der Waals surface area contributed by atoms with Crippen LogP contribution in [0.1, 0.15) is 67.5 Å². The summed E-state index contributed by atoms with van der Waals surface area (Å²) in [6.45, 7) is 2.69. The summed E-state index contributed by atoms with van der Waals surface area (Å²) < 4.78 is 1.89. The molecule has 1 aromatic carbocycles. The van der Waals surface area contributed by atoms with E-state index in [1.165, 1.54) is 6.42 Å². The number of nitrogens with one attached hydrogen (secondary N) is 1. The molecule has 0 radical (unpaired) electrons. The lowest BCUT2D eigenvalue weighted by atomic mass is 9.86. The lowest BCUT2D eigenvalue weighted by Gasteiger charge is -2.18. The lowest BCUT2D eigenvalue weighted by molar-refractivity contribution is 0.0878. The third-order valence-corrected chi connectivity index (χ3v) is 6.37. The topological polar surface area (TPSA) is 115 Å². The molecule has 3 aromatic heterocycles. The molecule has 3 heterocycles. The predicted molar refractivity (Wildman–Crippen MR) is 127 cm³/mol. The quantitative estimate of drug-likeness (QED) is 0.393. The van der Waals surface area contributed by atoms with E-state index < -0.39 is 0 Å². The van der Waals surface area contributed by atoms with Crippen molar-refractivity contribution < 1.29 is 4.79 Å². The van der Waals surface area contributed by atoms with Crippen LogP contribution in [0, 0.1) is 5.92 Å². The van der Waals surface area contributed by atoms with Gasteiger partial charge in [0.2, 0.25) is 17.4 Å². The number of carbonyl (C=O) groups excluding carboxylic acids is 1. The molecule has 4 aromatic rings. The van der Waals surface area contributed by atoms with Gasteiger partial charge in [-0.1, -0.05) is 50.5 Å². The van der Waals surface area contributed by atoms with Crippen LogP contribution in [0.25, 0.3) is 22.6 Å². The van der Waals surface area contributed by atoms with Crippen LogP contribution in [-0.4, -0.2) is 46.2 Å². The fourth-order valence-electron chi connectivity index (χ4n) is 4.59. The minimum atomic E-state index is 0.0742. The van der Waals surface area contributed by atoms with Crippen LogP contribution in [0.5, 0.6) is 0 Å². The van der Waals surface area contributed by atoms with E-state index in [-0.39, 0.29) is 11.7 Å². The van der Waals surface area contributed by atoms with Crippen LogP contribution in [0.4, 0.5) is 0 Å². The van der Waals surface area contributed by atoms with Gasteiger partial charge in [0.1, 0.15) is 5.82 Å². The molecule has 9 nitrogen and oxygen atoms in total. The first-order valence-electron chi connectivity index (χ1n) is 12.0. The van der Waals surface area contributed by atoms with E-state index in [0.717, 1.165) is 66.7 Å². The molecule has 0 aliphatic heterocycles. The Labute approximate surface area is 198 Å². The summed E-state index contributed by atoms with van der Waals surface area (Å²) in [5, 5.41) is 19.0. The molecule has 9 heteroatoms. The minimum Gasteiger partial charge on any atom is -0.290 e.